The Morgan fingerprint density at radius 3 is 2.50 bits per heavy atom. The number of esters is 1. The molecule has 0 bridgehead atoms. The lowest BCUT2D eigenvalue weighted by Gasteiger charge is -2.18. The summed E-state index contributed by atoms with van der Waals surface area (Å²) in [7, 11) is 0. The highest BCUT2D eigenvalue weighted by Crippen LogP contribution is 2.29. The molecular formula is C15H18N2O5. The molecule has 7 nitrogen and oxygen atoms in total. The average molecular weight is 306 g/mol. The molecule has 2 amide bonds. The topological polar surface area (TPSA) is 111 Å². The minimum atomic E-state index is -1.64. The number of carbonyl (C=O) groups excluding carboxylic acids is 3. The van der Waals surface area contributed by atoms with Crippen molar-refractivity contribution in [1.29, 1.82) is 0 Å². The molecule has 118 valence electrons. The van der Waals surface area contributed by atoms with Gasteiger partial charge in [-0.3, -0.25) is 9.59 Å². The van der Waals surface area contributed by atoms with E-state index in [-0.39, 0.29) is 19.6 Å². The van der Waals surface area contributed by atoms with Gasteiger partial charge >= 0.3 is 5.97 Å². The summed E-state index contributed by atoms with van der Waals surface area (Å²) in [5.41, 5.74) is 4.52. The fourth-order valence-corrected chi connectivity index (χ4v) is 2.01. The van der Waals surface area contributed by atoms with Gasteiger partial charge in [0.15, 0.2) is 0 Å². The van der Waals surface area contributed by atoms with Crippen LogP contribution in [0.25, 0.3) is 0 Å². The molecule has 1 aromatic carbocycles. The first-order valence-corrected chi connectivity index (χ1v) is 6.95. The number of rotatable bonds is 7. The highest BCUT2D eigenvalue weighted by atomic mass is 16.6. The van der Waals surface area contributed by atoms with Gasteiger partial charge in [0.25, 0.3) is 11.5 Å². The van der Waals surface area contributed by atoms with Gasteiger partial charge in [-0.25, -0.2) is 4.79 Å². The molecule has 3 N–H and O–H groups in total. The number of hydrogen-bond donors (Lipinski definition) is 2. The lowest BCUT2D eigenvalue weighted by Crippen LogP contribution is -2.53. The van der Waals surface area contributed by atoms with Crippen molar-refractivity contribution in [3.05, 3.63) is 35.9 Å². The Balaban J connectivity index is 2.04. The maximum absolute atomic E-state index is 12.2. The van der Waals surface area contributed by atoms with E-state index >= 15 is 0 Å². The van der Waals surface area contributed by atoms with Crippen LogP contribution in [0.1, 0.15) is 12.5 Å². The van der Waals surface area contributed by atoms with Crippen molar-refractivity contribution in [3.63, 3.8) is 0 Å². The van der Waals surface area contributed by atoms with Crippen molar-refractivity contribution in [2.75, 3.05) is 13.2 Å². The number of epoxide rings is 1. The fraction of sp³-hybridized carbons (Fsp3) is 0.400. The molecule has 1 fully saturated rings. The van der Waals surface area contributed by atoms with E-state index in [0.29, 0.717) is 0 Å². The van der Waals surface area contributed by atoms with E-state index < -0.39 is 29.4 Å². The number of amides is 2. The SMILES string of the molecule is CCOC(=O)C1(C(=O)N[C@@H](Cc2ccccc2)C(N)=O)CO1. The molecule has 1 heterocycles. The zero-order valence-electron chi connectivity index (χ0n) is 12.2. The predicted octanol–water partition coefficient (Wildman–Crippen LogP) is -0.469. The number of hydrogen-bond acceptors (Lipinski definition) is 5. The normalized spacial score (nSPS) is 20.8. The molecule has 0 aromatic heterocycles. The monoisotopic (exact) mass is 306 g/mol. The summed E-state index contributed by atoms with van der Waals surface area (Å²) in [6, 6.07) is 8.19. The van der Waals surface area contributed by atoms with Crippen LogP contribution in [-0.4, -0.2) is 42.6 Å². The molecule has 2 atom stereocenters. The summed E-state index contributed by atoms with van der Waals surface area (Å²) in [5, 5.41) is 2.47. The van der Waals surface area contributed by atoms with Gasteiger partial charge in [0.05, 0.1) is 13.2 Å². The molecule has 1 saturated heterocycles. The van der Waals surface area contributed by atoms with E-state index in [1.54, 1.807) is 6.92 Å². The van der Waals surface area contributed by atoms with Gasteiger partial charge in [0, 0.05) is 6.42 Å². The Morgan fingerprint density at radius 2 is 2.00 bits per heavy atom. The molecule has 0 radical (unpaired) electrons. The fourth-order valence-electron chi connectivity index (χ4n) is 2.01. The third-order valence-electron chi connectivity index (χ3n) is 3.34. The Labute approximate surface area is 127 Å². The van der Waals surface area contributed by atoms with Crippen molar-refractivity contribution < 1.29 is 23.9 Å². The highest BCUT2D eigenvalue weighted by molar-refractivity contribution is 6.09. The van der Waals surface area contributed by atoms with Crippen LogP contribution in [0, 0.1) is 0 Å². The van der Waals surface area contributed by atoms with Crippen LogP contribution in [0.5, 0.6) is 0 Å². The standard InChI is InChI=1S/C15H18N2O5/c1-2-21-14(20)15(9-22-15)13(19)17-11(12(16)18)8-10-6-4-3-5-7-10/h3-7,11H,2,8-9H2,1H3,(H2,16,18)(H,17,19)/t11-,15?/m0/s1. The van der Waals surface area contributed by atoms with E-state index in [4.69, 9.17) is 15.2 Å². The van der Waals surface area contributed by atoms with Crippen molar-refractivity contribution >= 4 is 17.8 Å². The quantitative estimate of drug-likeness (QED) is 0.402. The molecule has 1 aliphatic heterocycles. The Hall–Kier alpha value is -2.41. The zero-order chi connectivity index (χ0) is 16.2. The van der Waals surface area contributed by atoms with Gasteiger partial charge in [-0.05, 0) is 12.5 Å². The predicted molar refractivity (Wildman–Crippen MR) is 76.6 cm³/mol. The van der Waals surface area contributed by atoms with Crippen LogP contribution >= 0.6 is 0 Å². The molecule has 0 spiro atoms. The van der Waals surface area contributed by atoms with E-state index in [1.807, 2.05) is 30.3 Å². The van der Waals surface area contributed by atoms with Gasteiger partial charge in [0.2, 0.25) is 5.91 Å². The second-order valence-corrected chi connectivity index (χ2v) is 4.95. The van der Waals surface area contributed by atoms with Gasteiger partial charge in [-0.1, -0.05) is 30.3 Å². The molecule has 0 saturated carbocycles. The lowest BCUT2D eigenvalue weighted by atomic mass is 10.0. The molecule has 1 aliphatic rings. The van der Waals surface area contributed by atoms with Crippen molar-refractivity contribution in [1.82, 2.24) is 5.32 Å². The molecule has 1 aromatic rings. The van der Waals surface area contributed by atoms with Crippen LogP contribution in [-0.2, 0) is 30.3 Å². The third-order valence-corrected chi connectivity index (χ3v) is 3.34. The molecule has 1 unspecified atom stereocenters. The van der Waals surface area contributed by atoms with Crippen molar-refractivity contribution in [3.8, 4) is 0 Å². The summed E-state index contributed by atoms with van der Waals surface area (Å²) in [4.78, 5) is 35.5. The van der Waals surface area contributed by atoms with Gasteiger partial charge < -0.3 is 20.5 Å². The summed E-state index contributed by atoms with van der Waals surface area (Å²) in [6.45, 7) is 1.71. The molecule has 22 heavy (non-hydrogen) atoms. The maximum atomic E-state index is 12.2. The number of nitrogens with two attached hydrogens (primary N) is 1. The highest BCUT2D eigenvalue weighted by Gasteiger charge is 2.61. The summed E-state index contributed by atoms with van der Waals surface area (Å²) in [6.07, 6.45) is 0.237. The zero-order valence-corrected chi connectivity index (χ0v) is 12.2. The van der Waals surface area contributed by atoms with E-state index in [2.05, 4.69) is 5.32 Å². The van der Waals surface area contributed by atoms with E-state index in [0.717, 1.165) is 5.56 Å². The first-order chi connectivity index (χ1) is 10.5. The summed E-state index contributed by atoms with van der Waals surface area (Å²) < 4.78 is 9.77. The number of benzene rings is 1. The van der Waals surface area contributed by atoms with Gasteiger partial charge in [-0.2, -0.15) is 0 Å². The Bertz CT molecular complexity index is 569. The smallest absolute Gasteiger partial charge is 0.350 e. The van der Waals surface area contributed by atoms with E-state index in [9.17, 15) is 14.4 Å². The number of carbonyl (C=O) groups is 3. The average Bonchev–Trinajstić information content (AvgIpc) is 3.29. The first kappa shape index (κ1) is 16.0. The van der Waals surface area contributed by atoms with Crippen molar-refractivity contribution in [2.24, 2.45) is 5.73 Å². The van der Waals surface area contributed by atoms with E-state index in [1.165, 1.54) is 0 Å². The van der Waals surface area contributed by atoms with Crippen LogP contribution in [0.3, 0.4) is 0 Å². The summed E-state index contributed by atoms with van der Waals surface area (Å²) in [5.74, 6) is -2.14. The van der Waals surface area contributed by atoms with Crippen LogP contribution < -0.4 is 11.1 Å². The second-order valence-electron chi connectivity index (χ2n) is 4.95. The largest absolute Gasteiger partial charge is 0.463 e. The maximum Gasteiger partial charge on any atom is 0.350 e. The second kappa shape index (κ2) is 6.57. The minimum Gasteiger partial charge on any atom is -0.463 e. The Kier molecular flexibility index (Phi) is 4.77. The van der Waals surface area contributed by atoms with Gasteiger partial charge in [-0.15, -0.1) is 0 Å². The van der Waals surface area contributed by atoms with Crippen LogP contribution in [0.15, 0.2) is 30.3 Å². The number of ether oxygens (including phenoxy) is 2. The van der Waals surface area contributed by atoms with Crippen LogP contribution in [0.4, 0.5) is 0 Å². The van der Waals surface area contributed by atoms with Crippen LogP contribution in [0.2, 0.25) is 0 Å². The lowest BCUT2D eigenvalue weighted by molar-refractivity contribution is -0.154. The molecule has 0 aliphatic carbocycles. The minimum absolute atomic E-state index is 0.0610. The Morgan fingerprint density at radius 1 is 1.36 bits per heavy atom. The molecule has 2 rings (SSSR count). The summed E-state index contributed by atoms with van der Waals surface area (Å²) >= 11 is 0. The first-order valence-electron chi connectivity index (χ1n) is 6.95. The molecular weight excluding hydrogens is 288 g/mol. The molecule has 7 heteroatoms. The number of primary amides is 1. The third kappa shape index (κ3) is 3.43. The van der Waals surface area contributed by atoms with Crippen molar-refractivity contribution in [2.45, 2.75) is 25.0 Å². The number of nitrogens with one attached hydrogen (secondary N) is 1. The van der Waals surface area contributed by atoms with Gasteiger partial charge in [0.1, 0.15) is 6.04 Å².